The Morgan fingerprint density at radius 1 is 1.21 bits per heavy atom. The van der Waals surface area contributed by atoms with Crippen LogP contribution in [0, 0.1) is 0 Å². The summed E-state index contributed by atoms with van der Waals surface area (Å²) in [5, 5.41) is 4.81. The van der Waals surface area contributed by atoms with E-state index in [2.05, 4.69) is 30.9 Å². The summed E-state index contributed by atoms with van der Waals surface area (Å²) in [5.41, 5.74) is 1.06. The summed E-state index contributed by atoms with van der Waals surface area (Å²) < 4.78 is 5.24. The second kappa shape index (κ2) is 5.97. The van der Waals surface area contributed by atoms with E-state index in [1.165, 1.54) is 0 Å². The Hall–Kier alpha value is -1.00. The van der Waals surface area contributed by atoms with Gasteiger partial charge >= 0.3 is 0 Å². The standard InChI is InChI=1S/C14H17ClN2OS/c1-14(2,3)13-16-12(18-17-13)9-19-8-10-6-4-5-7-11(10)15/h4-7H,8-9H2,1-3H3. The van der Waals surface area contributed by atoms with Crippen molar-refractivity contribution in [2.24, 2.45) is 0 Å². The van der Waals surface area contributed by atoms with Crippen molar-refractivity contribution in [3.63, 3.8) is 0 Å². The second-order valence-corrected chi connectivity index (χ2v) is 6.74. The molecule has 1 aromatic heterocycles. The Morgan fingerprint density at radius 2 is 1.95 bits per heavy atom. The molecule has 0 radical (unpaired) electrons. The maximum Gasteiger partial charge on any atom is 0.236 e. The smallest absolute Gasteiger partial charge is 0.236 e. The maximum absolute atomic E-state index is 6.11. The Bertz CT molecular complexity index is 548. The highest BCUT2D eigenvalue weighted by Gasteiger charge is 2.20. The molecule has 2 rings (SSSR count). The first kappa shape index (κ1) is 14.4. The lowest BCUT2D eigenvalue weighted by Crippen LogP contribution is -2.13. The molecule has 5 heteroatoms. The molecule has 19 heavy (non-hydrogen) atoms. The zero-order chi connectivity index (χ0) is 13.9. The molecule has 3 nitrogen and oxygen atoms in total. The molecule has 0 spiro atoms. The number of hydrogen-bond acceptors (Lipinski definition) is 4. The molecule has 0 fully saturated rings. The van der Waals surface area contributed by atoms with Gasteiger partial charge in [-0.3, -0.25) is 0 Å². The fraction of sp³-hybridized carbons (Fsp3) is 0.429. The molecule has 0 aliphatic heterocycles. The van der Waals surface area contributed by atoms with E-state index in [-0.39, 0.29) is 5.41 Å². The first-order valence-electron chi connectivity index (χ1n) is 6.11. The monoisotopic (exact) mass is 296 g/mol. The Balaban J connectivity index is 1.90. The van der Waals surface area contributed by atoms with Crippen LogP contribution in [0.15, 0.2) is 28.8 Å². The molecule has 0 bridgehead atoms. The largest absolute Gasteiger partial charge is 0.338 e. The van der Waals surface area contributed by atoms with Gasteiger partial charge in [0.25, 0.3) is 0 Å². The Morgan fingerprint density at radius 3 is 2.58 bits per heavy atom. The van der Waals surface area contributed by atoms with Crippen LogP contribution in [0.2, 0.25) is 5.02 Å². The van der Waals surface area contributed by atoms with Gasteiger partial charge in [0.2, 0.25) is 5.89 Å². The highest BCUT2D eigenvalue weighted by atomic mass is 35.5. The number of halogens is 1. The van der Waals surface area contributed by atoms with Crippen LogP contribution in [-0.2, 0) is 16.9 Å². The molecule has 1 aromatic carbocycles. The number of nitrogens with zero attached hydrogens (tertiary/aromatic N) is 2. The van der Waals surface area contributed by atoms with Crippen LogP contribution in [0.5, 0.6) is 0 Å². The highest BCUT2D eigenvalue weighted by molar-refractivity contribution is 7.97. The van der Waals surface area contributed by atoms with Crippen molar-refractivity contribution < 1.29 is 4.52 Å². The van der Waals surface area contributed by atoms with Crippen LogP contribution in [0.3, 0.4) is 0 Å². The predicted molar refractivity (Wildman–Crippen MR) is 79.4 cm³/mol. The third-order valence-electron chi connectivity index (χ3n) is 2.58. The van der Waals surface area contributed by atoms with Crippen molar-refractivity contribution in [3.05, 3.63) is 46.6 Å². The molecule has 0 atom stereocenters. The van der Waals surface area contributed by atoms with E-state index in [9.17, 15) is 0 Å². The molecule has 2 aromatic rings. The molecule has 0 N–H and O–H groups in total. The zero-order valence-corrected chi connectivity index (χ0v) is 12.9. The number of thioether (sulfide) groups is 1. The highest BCUT2D eigenvalue weighted by Crippen LogP contribution is 2.24. The maximum atomic E-state index is 6.11. The Labute approximate surface area is 122 Å². The fourth-order valence-electron chi connectivity index (χ4n) is 1.48. The molecule has 0 saturated carbocycles. The number of rotatable bonds is 4. The van der Waals surface area contributed by atoms with Gasteiger partial charge in [-0.15, -0.1) is 11.8 Å². The summed E-state index contributed by atoms with van der Waals surface area (Å²) >= 11 is 7.82. The third-order valence-corrected chi connectivity index (χ3v) is 3.91. The molecule has 0 aliphatic rings. The minimum Gasteiger partial charge on any atom is -0.338 e. The summed E-state index contributed by atoms with van der Waals surface area (Å²) in [4.78, 5) is 4.40. The number of benzene rings is 1. The van der Waals surface area contributed by atoms with E-state index >= 15 is 0 Å². The lowest BCUT2D eigenvalue weighted by atomic mass is 9.96. The molecule has 0 unspecified atom stereocenters. The van der Waals surface area contributed by atoms with Gasteiger partial charge in [-0.1, -0.05) is 55.7 Å². The van der Waals surface area contributed by atoms with Crippen LogP contribution in [0.25, 0.3) is 0 Å². The lowest BCUT2D eigenvalue weighted by Gasteiger charge is -2.10. The summed E-state index contributed by atoms with van der Waals surface area (Å²) in [6.45, 7) is 6.20. The van der Waals surface area contributed by atoms with E-state index in [4.69, 9.17) is 16.1 Å². The van der Waals surface area contributed by atoms with E-state index in [1.807, 2.05) is 24.3 Å². The molecule has 102 valence electrons. The third kappa shape index (κ3) is 3.98. The lowest BCUT2D eigenvalue weighted by molar-refractivity contribution is 0.373. The van der Waals surface area contributed by atoms with Gasteiger partial charge < -0.3 is 4.52 Å². The van der Waals surface area contributed by atoms with Gasteiger partial charge in [-0.05, 0) is 11.6 Å². The van der Waals surface area contributed by atoms with Gasteiger partial charge in [0.1, 0.15) is 0 Å². The van der Waals surface area contributed by atoms with E-state index in [1.54, 1.807) is 11.8 Å². The van der Waals surface area contributed by atoms with Gasteiger partial charge in [0.05, 0.1) is 5.75 Å². The zero-order valence-electron chi connectivity index (χ0n) is 11.3. The van der Waals surface area contributed by atoms with Crippen LogP contribution >= 0.6 is 23.4 Å². The fourth-order valence-corrected chi connectivity index (χ4v) is 2.63. The van der Waals surface area contributed by atoms with Crippen molar-refractivity contribution in [1.29, 1.82) is 0 Å². The number of hydrogen-bond donors (Lipinski definition) is 0. The van der Waals surface area contributed by atoms with Gasteiger partial charge in [0, 0.05) is 16.2 Å². The van der Waals surface area contributed by atoms with Crippen molar-refractivity contribution in [1.82, 2.24) is 10.1 Å². The average Bonchev–Trinajstić information content (AvgIpc) is 2.80. The van der Waals surface area contributed by atoms with Crippen molar-refractivity contribution in [2.45, 2.75) is 37.7 Å². The van der Waals surface area contributed by atoms with E-state index in [0.717, 1.165) is 22.2 Å². The molecule has 0 saturated heterocycles. The first-order valence-corrected chi connectivity index (χ1v) is 7.64. The van der Waals surface area contributed by atoms with Crippen molar-refractivity contribution in [2.75, 3.05) is 0 Å². The topological polar surface area (TPSA) is 38.9 Å². The van der Waals surface area contributed by atoms with Gasteiger partial charge in [0.15, 0.2) is 5.82 Å². The summed E-state index contributed by atoms with van der Waals surface area (Å²) in [5.74, 6) is 2.96. The molecule has 0 amide bonds. The van der Waals surface area contributed by atoms with Gasteiger partial charge in [-0.2, -0.15) is 4.98 Å². The molecule has 1 heterocycles. The number of aromatic nitrogens is 2. The van der Waals surface area contributed by atoms with Crippen LogP contribution < -0.4 is 0 Å². The van der Waals surface area contributed by atoms with Gasteiger partial charge in [-0.25, -0.2) is 0 Å². The van der Waals surface area contributed by atoms with E-state index < -0.39 is 0 Å². The van der Waals surface area contributed by atoms with Crippen LogP contribution in [0.4, 0.5) is 0 Å². The molecule has 0 aliphatic carbocycles. The SMILES string of the molecule is CC(C)(C)c1noc(CSCc2ccccc2Cl)n1. The average molecular weight is 297 g/mol. The summed E-state index contributed by atoms with van der Waals surface area (Å²) in [6.07, 6.45) is 0. The first-order chi connectivity index (χ1) is 8.97. The molecular weight excluding hydrogens is 280 g/mol. The second-order valence-electron chi connectivity index (χ2n) is 5.35. The quantitative estimate of drug-likeness (QED) is 0.835. The Kier molecular flexibility index (Phi) is 4.53. The van der Waals surface area contributed by atoms with Crippen LogP contribution in [-0.4, -0.2) is 10.1 Å². The summed E-state index contributed by atoms with van der Waals surface area (Å²) in [6, 6.07) is 7.86. The minimum absolute atomic E-state index is 0.0743. The van der Waals surface area contributed by atoms with Crippen molar-refractivity contribution >= 4 is 23.4 Å². The predicted octanol–water partition coefficient (Wildman–Crippen LogP) is 4.45. The minimum atomic E-state index is -0.0743. The van der Waals surface area contributed by atoms with Crippen LogP contribution in [0.1, 0.15) is 38.0 Å². The molecular formula is C14H17ClN2OS. The van der Waals surface area contributed by atoms with E-state index in [0.29, 0.717) is 11.6 Å². The van der Waals surface area contributed by atoms with Crippen molar-refractivity contribution in [3.8, 4) is 0 Å². The normalized spacial score (nSPS) is 11.8. The summed E-state index contributed by atoms with van der Waals surface area (Å²) in [7, 11) is 0.